The minimum absolute atomic E-state index is 0.131. The molecule has 0 fully saturated rings. The zero-order valence-electron chi connectivity index (χ0n) is 22.9. The minimum atomic E-state index is -0.381. The Kier molecular flexibility index (Phi) is 7.88. The Morgan fingerprint density at radius 1 is 1.07 bits per heavy atom. The predicted octanol–water partition coefficient (Wildman–Crippen LogP) is 4.96. The highest BCUT2D eigenvalue weighted by Crippen LogP contribution is 2.28. The fraction of sp³-hybridized carbons (Fsp3) is 0.276. The summed E-state index contributed by atoms with van der Waals surface area (Å²) in [5.41, 5.74) is 2.85. The molecule has 3 heterocycles. The monoisotopic (exact) mass is 594 g/mol. The van der Waals surface area contributed by atoms with Crippen LogP contribution < -0.4 is 16.2 Å². The number of aryl methyl sites for hydroxylation is 1. The van der Waals surface area contributed by atoms with E-state index in [-0.39, 0.29) is 47.0 Å². The molecule has 2 atom stereocenters. The maximum atomic E-state index is 14.0. The SMILES string of the molecule is CNC(=O)c1ccc(-n2c(N[C@@H](C)c3cc(C)no3)nc3c(c2=O)C[C@@H](C)N(C(=O)c2ccc(Cl)c(Cl)c2)C3)cc1. The summed E-state index contributed by atoms with van der Waals surface area (Å²) in [5, 5.41) is 10.5. The average molecular weight is 595 g/mol. The Hall–Kier alpha value is -4.15. The Morgan fingerprint density at radius 3 is 2.41 bits per heavy atom. The Bertz CT molecular complexity index is 1700. The second kappa shape index (κ2) is 11.4. The first-order valence-electron chi connectivity index (χ1n) is 13.0. The molecule has 0 saturated heterocycles. The van der Waals surface area contributed by atoms with Crippen LogP contribution in [0.2, 0.25) is 10.0 Å². The summed E-state index contributed by atoms with van der Waals surface area (Å²) in [7, 11) is 1.56. The Morgan fingerprint density at radius 2 is 1.78 bits per heavy atom. The molecule has 5 rings (SSSR count). The van der Waals surface area contributed by atoms with Crippen LogP contribution in [0.5, 0.6) is 0 Å². The van der Waals surface area contributed by atoms with Gasteiger partial charge in [0, 0.05) is 35.8 Å². The number of carbonyl (C=O) groups is 2. The standard InChI is InChI=1S/C29H28Cl2N6O4/c1-15-11-25(41-35-15)17(3)33-29-34-24-14-36(27(39)19-7-10-22(30)23(31)13-19)16(2)12-21(24)28(40)37(29)20-8-5-18(6-9-20)26(38)32-4/h5-11,13,16-17H,12,14H2,1-4H3,(H,32,38)(H,33,34)/t16-,17+/m1/s1. The van der Waals surface area contributed by atoms with Gasteiger partial charge in [0.05, 0.1) is 39.7 Å². The number of rotatable bonds is 6. The van der Waals surface area contributed by atoms with Crippen molar-refractivity contribution in [2.45, 2.75) is 45.8 Å². The van der Waals surface area contributed by atoms with Crippen molar-refractivity contribution in [1.82, 2.24) is 24.9 Å². The number of halogens is 2. The van der Waals surface area contributed by atoms with E-state index < -0.39 is 0 Å². The largest absolute Gasteiger partial charge is 0.359 e. The van der Waals surface area contributed by atoms with Crippen molar-refractivity contribution in [2.75, 3.05) is 12.4 Å². The van der Waals surface area contributed by atoms with Crippen LogP contribution in [-0.2, 0) is 13.0 Å². The van der Waals surface area contributed by atoms with Gasteiger partial charge >= 0.3 is 0 Å². The number of hydrogen-bond acceptors (Lipinski definition) is 7. The normalized spacial score (nSPS) is 15.3. The van der Waals surface area contributed by atoms with Gasteiger partial charge in [0.15, 0.2) is 5.76 Å². The molecule has 1 aliphatic rings. The first kappa shape index (κ1) is 28.4. The molecular weight excluding hydrogens is 567 g/mol. The first-order valence-corrected chi connectivity index (χ1v) is 13.8. The second-order valence-corrected chi connectivity index (χ2v) is 10.8. The summed E-state index contributed by atoms with van der Waals surface area (Å²) in [5.74, 6) is 0.360. The van der Waals surface area contributed by atoms with Gasteiger partial charge in [0.2, 0.25) is 5.95 Å². The molecule has 10 nitrogen and oxygen atoms in total. The summed E-state index contributed by atoms with van der Waals surface area (Å²) in [6.07, 6.45) is 0.307. The maximum Gasteiger partial charge on any atom is 0.263 e. The third-order valence-corrected chi connectivity index (χ3v) is 7.81. The number of hydrogen-bond donors (Lipinski definition) is 2. The molecule has 12 heteroatoms. The summed E-state index contributed by atoms with van der Waals surface area (Å²) in [6.45, 7) is 5.71. The smallest absolute Gasteiger partial charge is 0.263 e. The maximum absolute atomic E-state index is 14.0. The van der Waals surface area contributed by atoms with Crippen molar-refractivity contribution < 1.29 is 14.1 Å². The zero-order chi connectivity index (χ0) is 29.4. The lowest BCUT2D eigenvalue weighted by molar-refractivity contribution is 0.0653. The van der Waals surface area contributed by atoms with Crippen LogP contribution in [0.15, 0.2) is 57.8 Å². The molecular formula is C29H28Cl2N6O4. The van der Waals surface area contributed by atoms with Crippen LogP contribution in [-0.4, -0.2) is 44.5 Å². The van der Waals surface area contributed by atoms with Crippen molar-refractivity contribution in [3.63, 3.8) is 0 Å². The highest BCUT2D eigenvalue weighted by atomic mass is 35.5. The topological polar surface area (TPSA) is 122 Å². The quantitative estimate of drug-likeness (QED) is 0.323. The van der Waals surface area contributed by atoms with E-state index in [9.17, 15) is 14.4 Å². The lowest BCUT2D eigenvalue weighted by atomic mass is 9.98. The minimum Gasteiger partial charge on any atom is -0.359 e. The van der Waals surface area contributed by atoms with E-state index in [1.165, 1.54) is 10.6 Å². The van der Waals surface area contributed by atoms with Gasteiger partial charge < -0.3 is 20.1 Å². The van der Waals surface area contributed by atoms with E-state index in [0.29, 0.717) is 45.3 Å². The van der Waals surface area contributed by atoms with E-state index in [2.05, 4.69) is 15.8 Å². The van der Waals surface area contributed by atoms with Gasteiger partial charge in [0.1, 0.15) is 0 Å². The van der Waals surface area contributed by atoms with Gasteiger partial charge in [-0.15, -0.1) is 0 Å². The molecule has 0 radical (unpaired) electrons. The predicted molar refractivity (Wildman–Crippen MR) is 156 cm³/mol. The summed E-state index contributed by atoms with van der Waals surface area (Å²) in [6, 6.07) is 12.6. The van der Waals surface area contributed by atoms with Crippen LogP contribution in [0.1, 0.15) is 63.3 Å². The fourth-order valence-electron chi connectivity index (χ4n) is 4.82. The molecule has 0 saturated carbocycles. The molecule has 2 N–H and O–H groups in total. The van der Waals surface area contributed by atoms with E-state index in [0.717, 1.165) is 5.69 Å². The third kappa shape index (κ3) is 5.57. The molecule has 212 valence electrons. The van der Waals surface area contributed by atoms with Crippen LogP contribution in [0.4, 0.5) is 5.95 Å². The van der Waals surface area contributed by atoms with Crippen molar-refractivity contribution in [3.05, 3.63) is 103 Å². The summed E-state index contributed by atoms with van der Waals surface area (Å²) >= 11 is 12.2. The van der Waals surface area contributed by atoms with Crippen LogP contribution in [0.25, 0.3) is 5.69 Å². The lowest BCUT2D eigenvalue weighted by Gasteiger charge is -2.35. The number of benzene rings is 2. The van der Waals surface area contributed by atoms with E-state index in [4.69, 9.17) is 32.7 Å². The van der Waals surface area contributed by atoms with Crippen LogP contribution in [0, 0.1) is 6.92 Å². The second-order valence-electron chi connectivity index (χ2n) is 9.98. The number of aromatic nitrogens is 3. The van der Waals surface area contributed by atoms with Crippen LogP contribution in [0.3, 0.4) is 0 Å². The van der Waals surface area contributed by atoms with Crippen molar-refractivity contribution in [3.8, 4) is 5.69 Å². The number of nitrogens with one attached hydrogen (secondary N) is 2. The van der Waals surface area contributed by atoms with Gasteiger partial charge in [0.25, 0.3) is 17.4 Å². The molecule has 2 amide bonds. The fourth-order valence-corrected chi connectivity index (χ4v) is 5.12. The molecule has 0 unspecified atom stereocenters. The molecule has 0 spiro atoms. The first-order chi connectivity index (χ1) is 19.6. The van der Waals surface area contributed by atoms with Gasteiger partial charge in [-0.05, 0) is 69.7 Å². The highest BCUT2D eigenvalue weighted by Gasteiger charge is 2.32. The zero-order valence-corrected chi connectivity index (χ0v) is 24.4. The molecule has 41 heavy (non-hydrogen) atoms. The Balaban J connectivity index is 1.57. The van der Waals surface area contributed by atoms with Crippen molar-refractivity contribution in [1.29, 1.82) is 0 Å². The number of nitrogens with zero attached hydrogens (tertiary/aromatic N) is 4. The molecule has 1 aliphatic heterocycles. The highest BCUT2D eigenvalue weighted by molar-refractivity contribution is 6.42. The third-order valence-electron chi connectivity index (χ3n) is 7.07. The lowest BCUT2D eigenvalue weighted by Crippen LogP contribution is -2.46. The molecule has 4 aromatic rings. The molecule has 0 aliphatic carbocycles. The van der Waals surface area contributed by atoms with Crippen molar-refractivity contribution >= 4 is 41.0 Å². The molecule has 2 aromatic carbocycles. The van der Waals surface area contributed by atoms with Gasteiger partial charge in [-0.3, -0.25) is 14.4 Å². The van der Waals surface area contributed by atoms with Crippen molar-refractivity contribution in [2.24, 2.45) is 0 Å². The van der Waals surface area contributed by atoms with Crippen LogP contribution >= 0.6 is 23.2 Å². The summed E-state index contributed by atoms with van der Waals surface area (Å²) in [4.78, 5) is 46.1. The number of fused-ring (bicyclic) bond motifs is 1. The number of carbonyl (C=O) groups excluding carboxylic acids is 2. The molecule has 0 bridgehead atoms. The van der Waals surface area contributed by atoms with Gasteiger partial charge in [-0.1, -0.05) is 28.4 Å². The Labute approximate surface area is 246 Å². The molecule has 2 aromatic heterocycles. The number of anilines is 1. The average Bonchev–Trinajstić information content (AvgIpc) is 3.40. The van der Waals surface area contributed by atoms with E-state index in [1.807, 2.05) is 20.8 Å². The van der Waals surface area contributed by atoms with Gasteiger partial charge in [-0.2, -0.15) is 0 Å². The van der Waals surface area contributed by atoms with E-state index in [1.54, 1.807) is 54.4 Å². The van der Waals surface area contributed by atoms with E-state index >= 15 is 0 Å². The van der Waals surface area contributed by atoms with Gasteiger partial charge in [-0.25, -0.2) is 9.55 Å². The summed E-state index contributed by atoms with van der Waals surface area (Å²) < 4.78 is 6.91. The number of amides is 2.